The predicted octanol–water partition coefficient (Wildman–Crippen LogP) is 12.9. The topological polar surface area (TPSA) is 25.0 Å². The minimum Gasteiger partial charge on any atom is -0.333 e. The van der Waals surface area contributed by atoms with Gasteiger partial charge < -0.3 is 9.30 Å². The molecule has 1 aliphatic carbocycles. The van der Waals surface area contributed by atoms with E-state index in [0.29, 0.717) is 0 Å². The lowest BCUT2D eigenvalue weighted by Crippen LogP contribution is -2.28. The second kappa shape index (κ2) is 9.87. The molecule has 6 heterocycles. The summed E-state index contributed by atoms with van der Waals surface area (Å²) in [6.45, 7) is 0. The quantitative estimate of drug-likeness (QED) is 0.180. The third-order valence-corrected chi connectivity index (χ3v) is 12.9. The summed E-state index contributed by atoms with van der Waals surface area (Å²) in [5.74, 6) is 0.272. The highest BCUT2D eigenvalue weighted by atomic mass is 15.2. The van der Waals surface area contributed by atoms with Gasteiger partial charge in [0.25, 0.3) is 0 Å². The van der Waals surface area contributed by atoms with Gasteiger partial charge in [-0.25, -0.2) is 4.98 Å². The molecule has 0 N–H and O–H groups in total. The van der Waals surface area contributed by atoms with Crippen LogP contribution in [0.15, 0.2) is 170 Å². The zero-order chi connectivity index (χ0) is 35.5. The number of benzene rings is 7. The lowest BCUT2D eigenvalue weighted by molar-refractivity contribution is 0.745. The fourth-order valence-corrected chi connectivity index (χ4v) is 10.8. The number of hydrogen-bond donors (Lipinski definition) is 0. The molecule has 0 radical (unpaired) electrons. The summed E-state index contributed by atoms with van der Waals surface area (Å²) in [6, 6.07) is 52.0. The van der Waals surface area contributed by atoms with Gasteiger partial charge in [0.05, 0.1) is 39.8 Å². The Morgan fingerprint density at radius 3 is 2.09 bits per heavy atom. The lowest BCUT2D eigenvalue weighted by atomic mass is 9.89. The zero-order valence-electron chi connectivity index (χ0n) is 29.6. The second-order valence-corrected chi connectivity index (χ2v) is 15.4. The molecule has 4 heteroatoms. The number of para-hydroxylation sites is 4. The van der Waals surface area contributed by atoms with Crippen LogP contribution in [0.2, 0.25) is 0 Å². The van der Waals surface area contributed by atoms with Crippen LogP contribution in [-0.4, -0.2) is 19.8 Å². The molecule has 7 aromatic carbocycles. The van der Waals surface area contributed by atoms with Crippen LogP contribution in [0.1, 0.15) is 11.5 Å². The van der Waals surface area contributed by atoms with Crippen LogP contribution >= 0.6 is 0 Å². The summed E-state index contributed by atoms with van der Waals surface area (Å²) in [6.07, 6.45) is 11.3. The first-order valence-electron chi connectivity index (χ1n) is 19.2. The van der Waals surface area contributed by atoms with Crippen molar-refractivity contribution in [2.75, 3.05) is 4.90 Å². The van der Waals surface area contributed by atoms with Gasteiger partial charge in [-0.15, -0.1) is 0 Å². The molecular formula is C51H30N4. The van der Waals surface area contributed by atoms with Crippen molar-refractivity contribution in [1.29, 1.82) is 0 Å². The van der Waals surface area contributed by atoms with Gasteiger partial charge in [-0.05, 0) is 58.3 Å². The Morgan fingerprint density at radius 1 is 0.491 bits per heavy atom. The Morgan fingerprint density at radius 2 is 1.20 bits per heavy atom. The molecular weight excluding hydrogens is 669 g/mol. The standard InChI is InChI=1S/C51H30N4/c1-2-13-31(14-3-1)53-41-22-8-7-17-34(41)40-27-30(24-25-43(40)53)39-26-29-12-4-5-15-32(29)45-36-19-11-20-37-46-44(54(49(36)37)50(39)45)28-52-51-47(46)38-21-10-18-35-33-16-6-9-23-42(33)55(51)48(35)38/h1-28,34,41H. The minimum atomic E-state index is 0.243. The van der Waals surface area contributed by atoms with E-state index in [2.05, 4.69) is 184 Å². The van der Waals surface area contributed by atoms with E-state index in [0.717, 1.165) is 11.2 Å². The highest BCUT2D eigenvalue weighted by molar-refractivity contribution is 6.37. The molecule has 4 nitrogen and oxygen atoms in total. The molecule has 0 fully saturated rings. The predicted molar refractivity (Wildman–Crippen MR) is 230 cm³/mol. The van der Waals surface area contributed by atoms with E-state index in [1.165, 1.54) is 104 Å². The number of nitrogens with zero attached hydrogens (tertiary/aromatic N) is 4. The largest absolute Gasteiger partial charge is 0.333 e. The van der Waals surface area contributed by atoms with E-state index in [1.807, 2.05) is 0 Å². The molecule has 0 spiro atoms. The van der Waals surface area contributed by atoms with Crippen LogP contribution in [-0.2, 0) is 0 Å². The fraction of sp³-hybridized carbons (Fsp3) is 0.0392. The average Bonchev–Trinajstić information content (AvgIpc) is 4.04. The summed E-state index contributed by atoms with van der Waals surface area (Å²) in [5.41, 5.74) is 13.5. The first-order valence-corrected chi connectivity index (χ1v) is 19.2. The van der Waals surface area contributed by atoms with Crippen LogP contribution in [0.25, 0.3) is 98.2 Å². The Labute approximate surface area is 314 Å². The Kier molecular flexibility index (Phi) is 5.09. The van der Waals surface area contributed by atoms with Gasteiger partial charge in [0.1, 0.15) is 5.65 Å². The van der Waals surface area contributed by atoms with Crippen LogP contribution in [0.4, 0.5) is 11.4 Å². The molecule has 2 unspecified atom stereocenters. The maximum Gasteiger partial charge on any atom is 0.146 e. The van der Waals surface area contributed by atoms with Crippen molar-refractivity contribution in [3.8, 4) is 11.1 Å². The summed E-state index contributed by atoms with van der Waals surface area (Å²) >= 11 is 0. The minimum absolute atomic E-state index is 0.243. The molecule has 0 amide bonds. The molecule has 2 atom stereocenters. The molecule has 55 heavy (non-hydrogen) atoms. The maximum absolute atomic E-state index is 5.37. The van der Waals surface area contributed by atoms with Gasteiger partial charge >= 0.3 is 0 Å². The molecule has 254 valence electrons. The Hall–Kier alpha value is -7.17. The number of allylic oxidation sites excluding steroid dienone is 2. The first kappa shape index (κ1) is 28.3. The normalized spacial score (nSPS) is 16.9. The van der Waals surface area contributed by atoms with Crippen molar-refractivity contribution in [3.63, 3.8) is 0 Å². The van der Waals surface area contributed by atoms with Gasteiger partial charge in [0.15, 0.2) is 0 Å². The molecule has 1 aliphatic heterocycles. The first-order chi connectivity index (χ1) is 27.3. The van der Waals surface area contributed by atoms with E-state index < -0.39 is 0 Å². The van der Waals surface area contributed by atoms with Crippen molar-refractivity contribution in [2.45, 2.75) is 12.0 Å². The van der Waals surface area contributed by atoms with Crippen LogP contribution in [0.5, 0.6) is 0 Å². The van der Waals surface area contributed by atoms with Gasteiger partial charge in [-0.1, -0.05) is 127 Å². The van der Waals surface area contributed by atoms with E-state index in [4.69, 9.17) is 4.98 Å². The van der Waals surface area contributed by atoms with E-state index in [1.54, 1.807) is 0 Å². The van der Waals surface area contributed by atoms with Crippen LogP contribution in [0.3, 0.4) is 0 Å². The number of fused-ring (bicyclic) bond motifs is 18. The third kappa shape index (κ3) is 3.34. The van der Waals surface area contributed by atoms with Crippen LogP contribution in [0, 0.1) is 0 Å². The number of hydrogen-bond acceptors (Lipinski definition) is 2. The molecule has 5 aromatic heterocycles. The van der Waals surface area contributed by atoms with Crippen molar-refractivity contribution in [2.24, 2.45) is 0 Å². The SMILES string of the molecule is C1=CC2c3cc(-c4cc5ccccc5c5c6cccc7c8c9c%10cccc%11c%12ccccc%12n(c9ncc8n(c45)c76)c%11%10)ccc3N(c3ccccc3)C2C=C1. The highest BCUT2D eigenvalue weighted by Crippen LogP contribution is 2.52. The monoisotopic (exact) mass is 698 g/mol. The second-order valence-electron chi connectivity index (χ2n) is 15.4. The van der Waals surface area contributed by atoms with Crippen molar-refractivity contribution in [1.82, 2.24) is 13.8 Å². The summed E-state index contributed by atoms with van der Waals surface area (Å²) < 4.78 is 4.94. The lowest BCUT2D eigenvalue weighted by Gasteiger charge is -2.28. The van der Waals surface area contributed by atoms with Crippen molar-refractivity contribution in [3.05, 3.63) is 176 Å². The van der Waals surface area contributed by atoms with Gasteiger partial charge in [0, 0.05) is 65.9 Å². The number of pyridine rings is 1. The molecule has 2 aliphatic rings. The van der Waals surface area contributed by atoms with E-state index in [9.17, 15) is 0 Å². The number of rotatable bonds is 2. The van der Waals surface area contributed by atoms with E-state index in [-0.39, 0.29) is 12.0 Å². The number of anilines is 2. The van der Waals surface area contributed by atoms with Crippen LogP contribution < -0.4 is 4.90 Å². The van der Waals surface area contributed by atoms with Gasteiger partial charge in [0.2, 0.25) is 0 Å². The summed E-state index contributed by atoms with van der Waals surface area (Å²) in [4.78, 5) is 7.88. The van der Waals surface area contributed by atoms with Gasteiger partial charge in [-0.2, -0.15) is 0 Å². The van der Waals surface area contributed by atoms with Crippen molar-refractivity contribution >= 4 is 98.5 Å². The Bertz CT molecular complexity index is 3680. The molecule has 12 aromatic rings. The molecule has 14 rings (SSSR count). The third-order valence-electron chi connectivity index (χ3n) is 12.9. The van der Waals surface area contributed by atoms with Gasteiger partial charge in [-0.3, -0.25) is 4.40 Å². The summed E-state index contributed by atoms with van der Waals surface area (Å²) in [5, 5.41) is 12.7. The fourth-order valence-electron chi connectivity index (χ4n) is 10.8. The number of aromatic nitrogens is 3. The molecule has 0 saturated heterocycles. The zero-order valence-corrected chi connectivity index (χ0v) is 29.6. The summed E-state index contributed by atoms with van der Waals surface area (Å²) in [7, 11) is 0. The molecule has 0 saturated carbocycles. The van der Waals surface area contributed by atoms with E-state index >= 15 is 0 Å². The smallest absolute Gasteiger partial charge is 0.146 e. The highest BCUT2D eigenvalue weighted by Gasteiger charge is 2.38. The molecule has 0 bridgehead atoms. The average molecular weight is 699 g/mol. The maximum atomic E-state index is 5.37. The van der Waals surface area contributed by atoms with Crippen molar-refractivity contribution < 1.29 is 0 Å². The Balaban J connectivity index is 1.12.